The lowest BCUT2D eigenvalue weighted by atomic mass is 9.81. The van der Waals surface area contributed by atoms with Crippen LogP contribution >= 0.6 is 11.6 Å². The highest BCUT2D eigenvalue weighted by Crippen LogP contribution is 2.37. The Balaban J connectivity index is 1.76. The highest BCUT2D eigenvalue weighted by Gasteiger charge is 2.30. The van der Waals surface area contributed by atoms with E-state index < -0.39 is 0 Å². The summed E-state index contributed by atoms with van der Waals surface area (Å²) < 4.78 is 1.97. The first-order valence-electron chi connectivity index (χ1n) is 6.03. The fourth-order valence-corrected chi connectivity index (χ4v) is 2.39. The molecule has 1 N–H and O–H groups in total. The molecular weight excluding hydrogens is 250 g/mol. The number of halogens is 1. The van der Waals surface area contributed by atoms with Crippen LogP contribution in [0.3, 0.4) is 0 Å². The Morgan fingerprint density at radius 3 is 2.83 bits per heavy atom. The van der Waals surface area contributed by atoms with Gasteiger partial charge in [-0.15, -0.1) is 0 Å². The van der Waals surface area contributed by atoms with E-state index in [4.69, 9.17) is 16.7 Å². The normalized spacial score (nSPS) is 22.8. The van der Waals surface area contributed by atoms with Gasteiger partial charge in [0.05, 0.1) is 23.0 Å². The van der Waals surface area contributed by atoms with Crippen LogP contribution in [0.4, 0.5) is 0 Å². The maximum Gasteiger partial charge on any atom is 0.0734 e. The van der Waals surface area contributed by atoms with Crippen molar-refractivity contribution >= 4 is 11.6 Å². The SMILES string of the molecule is OCC1CC(n2cc(-c3ccc(Cl)cn3)cn2)C1. The van der Waals surface area contributed by atoms with Gasteiger partial charge in [-0.2, -0.15) is 5.10 Å². The Bertz CT molecular complexity index is 531. The molecule has 4 nitrogen and oxygen atoms in total. The van der Waals surface area contributed by atoms with Crippen molar-refractivity contribution in [1.82, 2.24) is 14.8 Å². The highest BCUT2D eigenvalue weighted by molar-refractivity contribution is 6.30. The lowest BCUT2D eigenvalue weighted by Gasteiger charge is -2.33. The minimum atomic E-state index is 0.281. The first kappa shape index (κ1) is 11.7. The average Bonchev–Trinajstić information content (AvgIpc) is 2.78. The summed E-state index contributed by atoms with van der Waals surface area (Å²) in [7, 11) is 0. The molecule has 0 bridgehead atoms. The fourth-order valence-electron chi connectivity index (χ4n) is 2.28. The molecule has 2 aromatic rings. The zero-order chi connectivity index (χ0) is 12.5. The Morgan fingerprint density at radius 1 is 1.33 bits per heavy atom. The highest BCUT2D eigenvalue weighted by atomic mass is 35.5. The van der Waals surface area contributed by atoms with Crippen LogP contribution in [0, 0.1) is 5.92 Å². The molecule has 0 atom stereocenters. The number of aromatic nitrogens is 3. The number of aliphatic hydroxyl groups is 1. The summed E-state index contributed by atoms with van der Waals surface area (Å²) in [6, 6.07) is 4.14. The molecular formula is C13H14ClN3O. The predicted molar refractivity (Wildman–Crippen MR) is 69.3 cm³/mol. The molecule has 0 spiro atoms. The molecule has 2 aromatic heterocycles. The third-order valence-electron chi connectivity index (χ3n) is 3.47. The summed E-state index contributed by atoms with van der Waals surface area (Å²) >= 11 is 5.81. The van der Waals surface area contributed by atoms with Crippen LogP contribution in [-0.4, -0.2) is 26.5 Å². The molecule has 1 fully saturated rings. The molecule has 94 valence electrons. The molecule has 0 aromatic carbocycles. The molecule has 5 heteroatoms. The van der Waals surface area contributed by atoms with Gasteiger partial charge in [-0.3, -0.25) is 9.67 Å². The number of rotatable bonds is 3. The number of aliphatic hydroxyl groups excluding tert-OH is 1. The third-order valence-corrected chi connectivity index (χ3v) is 3.69. The van der Waals surface area contributed by atoms with E-state index in [0.717, 1.165) is 24.1 Å². The Morgan fingerprint density at radius 2 is 2.17 bits per heavy atom. The number of pyridine rings is 1. The van der Waals surface area contributed by atoms with Gasteiger partial charge in [-0.1, -0.05) is 11.6 Å². The van der Waals surface area contributed by atoms with Crippen LogP contribution in [0.2, 0.25) is 5.02 Å². The van der Waals surface area contributed by atoms with Gasteiger partial charge in [0.2, 0.25) is 0 Å². The summed E-state index contributed by atoms with van der Waals surface area (Å²) in [5, 5.41) is 14.0. The lowest BCUT2D eigenvalue weighted by molar-refractivity contribution is 0.105. The molecule has 1 aliphatic rings. The molecule has 0 unspecified atom stereocenters. The van der Waals surface area contributed by atoms with Gasteiger partial charge in [0.1, 0.15) is 0 Å². The van der Waals surface area contributed by atoms with Crippen LogP contribution in [0.15, 0.2) is 30.7 Å². The molecule has 0 aliphatic heterocycles. The second-order valence-corrected chi connectivity index (χ2v) is 5.18. The summed E-state index contributed by atoms with van der Waals surface area (Å²) in [5.41, 5.74) is 1.88. The first-order valence-corrected chi connectivity index (χ1v) is 6.41. The van der Waals surface area contributed by atoms with Gasteiger partial charge in [0.15, 0.2) is 0 Å². The summed E-state index contributed by atoms with van der Waals surface area (Å²) in [6.45, 7) is 0.281. The average molecular weight is 264 g/mol. The molecule has 0 amide bonds. The van der Waals surface area contributed by atoms with E-state index in [2.05, 4.69) is 10.1 Å². The van der Waals surface area contributed by atoms with Crippen molar-refractivity contribution in [2.75, 3.05) is 6.61 Å². The van der Waals surface area contributed by atoms with E-state index in [1.807, 2.05) is 29.2 Å². The zero-order valence-corrected chi connectivity index (χ0v) is 10.6. The largest absolute Gasteiger partial charge is 0.396 e. The Hall–Kier alpha value is -1.39. The van der Waals surface area contributed by atoms with Crippen LogP contribution in [-0.2, 0) is 0 Å². The van der Waals surface area contributed by atoms with E-state index in [9.17, 15) is 0 Å². The number of nitrogens with zero attached hydrogens (tertiary/aromatic N) is 3. The first-order chi connectivity index (χ1) is 8.76. The van der Waals surface area contributed by atoms with Crippen molar-refractivity contribution in [3.8, 4) is 11.3 Å². The monoisotopic (exact) mass is 263 g/mol. The van der Waals surface area contributed by atoms with Crippen molar-refractivity contribution in [3.05, 3.63) is 35.7 Å². The minimum Gasteiger partial charge on any atom is -0.396 e. The van der Waals surface area contributed by atoms with E-state index in [-0.39, 0.29) is 6.61 Å². The number of hydrogen-bond donors (Lipinski definition) is 1. The molecule has 3 rings (SSSR count). The van der Waals surface area contributed by atoms with E-state index >= 15 is 0 Å². The van der Waals surface area contributed by atoms with E-state index in [0.29, 0.717) is 17.0 Å². The van der Waals surface area contributed by atoms with Crippen molar-refractivity contribution < 1.29 is 5.11 Å². The van der Waals surface area contributed by atoms with Crippen molar-refractivity contribution in [2.45, 2.75) is 18.9 Å². The summed E-state index contributed by atoms with van der Waals surface area (Å²) in [5.74, 6) is 0.441. The quantitative estimate of drug-likeness (QED) is 0.926. The Kier molecular flexibility index (Phi) is 3.06. The van der Waals surface area contributed by atoms with Gasteiger partial charge in [-0.25, -0.2) is 0 Å². The third kappa shape index (κ3) is 2.13. The zero-order valence-electron chi connectivity index (χ0n) is 9.83. The molecule has 0 saturated heterocycles. The second-order valence-electron chi connectivity index (χ2n) is 4.74. The van der Waals surface area contributed by atoms with Gasteiger partial charge in [-0.05, 0) is 30.9 Å². The van der Waals surface area contributed by atoms with Crippen LogP contribution in [0.1, 0.15) is 18.9 Å². The standard InChI is InChI=1S/C13H14ClN3O/c14-11-1-2-13(15-6-11)10-5-16-17(7-10)12-3-9(4-12)8-18/h1-2,5-7,9,12,18H,3-4,8H2. The molecule has 2 heterocycles. The predicted octanol–water partition coefficient (Wildman–Crippen LogP) is 2.54. The fraction of sp³-hybridized carbons (Fsp3) is 0.385. The maximum absolute atomic E-state index is 9.01. The van der Waals surface area contributed by atoms with Gasteiger partial charge < -0.3 is 5.11 Å². The summed E-state index contributed by atoms with van der Waals surface area (Å²) in [4.78, 5) is 4.27. The lowest BCUT2D eigenvalue weighted by Crippen LogP contribution is -2.29. The summed E-state index contributed by atoms with van der Waals surface area (Å²) in [6.07, 6.45) is 7.48. The molecule has 0 radical (unpaired) electrons. The topological polar surface area (TPSA) is 50.9 Å². The van der Waals surface area contributed by atoms with Gasteiger partial charge in [0, 0.05) is 24.6 Å². The Labute approximate surface area is 110 Å². The van der Waals surface area contributed by atoms with Crippen LogP contribution in [0.5, 0.6) is 0 Å². The maximum atomic E-state index is 9.01. The van der Waals surface area contributed by atoms with Crippen molar-refractivity contribution in [1.29, 1.82) is 0 Å². The van der Waals surface area contributed by atoms with Crippen molar-refractivity contribution in [2.24, 2.45) is 5.92 Å². The second kappa shape index (κ2) is 4.71. The van der Waals surface area contributed by atoms with Gasteiger partial charge in [0.25, 0.3) is 0 Å². The minimum absolute atomic E-state index is 0.281. The van der Waals surface area contributed by atoms with Gasteiger partial charge >= 0.3 is 0 Å². The van der Waals surface area contributed by atoms with Crippen molar-refractivity contribution in [3.63, 3.8) is 0 Å². The smallest absolute Gasteiger partial charge is 0.0734 e. The van der Waals surface area contributed by atoms with Crippen LogP contribution < -0.4 is 0 Å². The molecule has 18 heavy (non-hydrogen) atoms. The van der Waals surface area contributed by atoms with Crippen LogP contribution in [0.25, 0.3) is 11.3 Å². The van der Waals surface area contributed by atoms with E-state index in [1.54, 1.807) is 6.20 Å². The molecule has 1 saturated carbocycles. The number of hydrogen-bond acceptors (Lipinski definition) is 3. The van der Waals surface area contributed by atoms with E-state index in [1.165, 1.54) is 0 Å². The molecule has 1 aliphatic carbocycles.